The second kappa shape index (κ2) is 7.62. The van der Waals surface area contributed by atoms with Crippen LogP contribution in [0.15, 0.2) is 53.0 Å². The lowest BCUT2D eigenvalue weighted by molar-refractivity contribution is 0.313. The van der Waals surface area contributed by atoms with Crippen molar-refractivity contribution in [1.82, 2.24) is 4.90 Å². The standard InChI is InChI=1S/C18H23BrN2/c1-14(16-6-8-18(20)9-7-16)10-11-21(2)13-15-4-3-5-17(19)12-15/h3-9,12,14H,10-11,13,20H2,1-2H3. The Morgan fingerprint density at radius 1 is 1.14 bits per heavy atom. The number of benzene rings is 2. The molecule has 1 atom stereocenters. The van der Waals surface area contributed by atoms with Crippen LogP contribution in [0.3, 0.4) is 0 Å². The molecule has 0 spiro atoms. The number of hydrogen-bond donors (Lipinski definition) is 1. The second-order valence-electron chi connectivity index (χ2n) is 5.72. The van der Waals surface area contributed by atoms with Crippen molar-refractivity contribution in [1.29, 1.82) is 0 Å². The van der Waals surface area contributed by atoms with E-state index in [0.29, 0.717) is 5.92 Å². The molecule has 3 heteroatoms. The van der Waals surface area contributed by atoms with Gasteiger partial charge in [0.15, 0.2) is 0 Å². The Morgan fingerprint density at radius 2 is 1.86 bits per heavy atom. The zero-order chi connectivity index (χ0) is 15.2. The van der Waals surface area contributed by atoms with E-state index in [1.54, 1.807) is 0 Å². The minimum atomic E-state index is 0.551. The molecule has 2 aromatic rings. The highest BCUT2D eigenvalue weighted by atomic mass is 79.9. The molecule has 0 aliphatic carbocycles. The Hall–Kier alpha value is -1.32. The van der Waals surface area contributed by atoms with Gasteiger partial charge in [-0.3, -0.25) is 0 Å². The zero-order valence-corrected chi connectivity index (χ0v) is 14.3. The monoisotopic (exact) mass is 346 g/mol. The van der Waals surface area contributed by atoms with Gasteiger partial charge >= 0.3 is 0 Å². The predicted molar refractivity (Wildman–Crippen MR) is 94.4 cm³/mol. The lowest BCUT2D eigenvalue weighted by atomic mass is 9.97. The van der Waals surface area contributed by atoms with E-state index in [4.69, 9.17) is 5.73 Å². The van der Waals surface area contributed by atoms with Crippen LogP contribution in [0.25, 0.3) is 0 Å². The van der Waals surface area contributed by atoms with Gasteiger partial charge < -0.3 is 10.6 Å². The van der Waals surface area contributed by atoms with Crippen molar-refractivity contribution in [2.75, 3.05) is 19.3 Å². The van der Waals surface area contributed by atoms with Crippen molar-refractivity contribution in [3.05, 3.63) is 64.1 Å². The maximum Gasteiger partial charge on any atom is 0.0314 e. The van der Waals surface area contributed by atoms with E-state index in [1.807, 2.05) is 12.1 Å². The predicted octanol–water partition coefficient (Wildman–Crippen LogP) is 4.66. The quantitative estimate of drug-likeness (QED) is 0.771. The second-order valence-corrected chi connectivity index (χ2v) is 6.64. The van der Waals surface area contributed by atoms with Crippen LogP contribution in [0, 0.1) is 0 Å². The van der Waals surface area contributed by atoms with Crippen molar-refractivity contribution >= 4 is 21.6 Å². The smallest absolute Gasteiger partial charge is 0.0314 e. The molecule has 112 valence electrons. The van der Waals surface area contributed by atoms with Gasteiger partial charge in [-0.25, -0.2) is 0 Å². The summed E-state index contributed by atoms with van der Waals surface area (Å²) >= 11 is 3.52. The van der Waals surface area contributed by atoms with Crippen LogP contribution in [-0.2, 0) is 6.54 Å². The summed E-state index contributed by atoms with van der Waals surface area (Å²) in [6.45, 7) is 4.34. The molecule has 21 heavy (non-hydrogen) atoms. The van der Waals surface area contributed by atoms with E-state index in [-0.39, 0.29) is 0 Å². The molecule has 0 aliphatic rings. The fourth-order valence-electron chi connectivity index (χ4n) is 2.43. The zero-order valence-electron chi connectivity index (χ0n) is 12.7. The summed E-state index contributed by atoms with van der Waals surface area (Å²) in [5, 5.41) is 0. The van der Waals surface area contributed by atoms with E-state index in [9.17, 15) is 0 Å². The number of nitrogen functional groups attached to an aromatic ring is 1. The third-order valence-corrected chi connectivity index (χ3v) is 4.28. The van der Waals surface area contributed by atoms with E-state index in [2.05, 4.69) is 71.2 Å². The average molecular weight is 347 g/mol. The molecule has 0 bridgehead atoms. The fourth-order valence-corrected chi connectivity index (χ4v) is 2.88. The van der Waals surface area contributed by atoms with Crippen LogP contribution in [0.4, 0.5) is 5.69 Å². The van der Waals surface area contributed by atoms with Crippen LogP contribution in [0.1, 0.15) is 30.4 Å². The first kappa shape index (κ1) is 16.1. The largest absolute Gasteiger partial charge is 0.399 e. The number of halogens is 1. The molecule has 2 rings (SSSR count). The summed E-state index contributed by atoms with van der Waals surface area (Å²) in [4.78, 5) is 2.37. The number of nitrogens with two attached hydrogens (primary N) is 1. The molecule has 2 nitrogen and oxygen atoms in total. The minimum Gasteiger partial charge on any atom is -0.399 e. The lowest BCUT2D eigenvalue weighted by Gasteiger charge is -2.20. The van der Waals surface area contributed by atoms with Gasteiger partial charge in [-0.2, -0.15) is 0 Å². The molecule has 0 aromatic heterocycles. The van der Waals surface area contributed by atoms with E-state index in [1.165, 1.54) is 11.1 Å². The average Bonchev–Trinajstić information content (AvgIpc) is 2.45. The van der Waals surface area contributed by atoms with Gasteiger partial charge in [-0.1, -0.05) is 47.1 Å². The Labute approximate surface area is 136 Å². The van der Waals surface area contributed by atoms with Gasteiger partial charge in [0, 0.05) is 16.7 Å². The van der Waals surface area contributed by atoms with Crippen molar-refractivity contribution in [3.8, 4) is 0 Å². The van der Waals surface area contributed by atoms with Crippen molar-refractivity contribution in [3.63, 3.8) is 0 Å². The molecule has 0 saturated heterocycles. The molecule has 0 fully saturated rings. The molecule has 2 aromatic carbocycles. The molecule has 2 N–H and O–H groups in total. The molecule has 0 aliphatic heterocycles. The number of hydrogen-bond acceptors (Lipinski definition) is 2. The maximum absolute atomic E-state index is 5.74. The minimum absolute atomic E-state index is 0.551. The SMILES string of the molecule is CC(CCN(C)Cc1cccc(Br)c1)c1ccc(N)cc1. The van der Waals surface area contributed by atoms with Crippen molar-refractivity contribution < 1.29 is 0 Å². The molecular weight excluding hydrogens is 324 g/mol. The molecule has 0 saturated carbocycles. The Morgan fingerprint density at radius 3 is 2.52 bits per heavy atom. The summed E-state index contributed by atoms with van der Waals surface area (Å²) in [6.07, 6.45) is 1.15. The van der Waals surface area contributed by atoms with Gasteiger partial charge in [0.2, 0.25) is 0 Å². The van der Waals surface area contributed by atoms with Crippen molar-refractivity contribution in [2.24, 2.45) is 0 Å². The first-order valence-corrected chi connectivity index (χ1v) is 8.12. The highest BCUT2D eigenvalue weighted by Crippen LogP contribution is 2.21. The molecule has 0 radical (unpaired) electrons. The highest BCUT2D eigenvalue weighted by Gasteiger charge is 2.08. The normalized spacial score (nSPS) is 12.6. The Bertz CT molecular complexity index is 566. The van der Waals surface area contributed by atoms with Crippen LogP contribution >= 0.6 is 15.9 Å². The van der Waals surface area contributed by atoms with Crippen LogP contribution in [0.5, 0.6) is 0 Å². The number of anilines is 1. The van der Waals surface area contributed by atoms with Crippen LogP contribution in [-0.4, -0.2) is 18.5 Å². The summed E-state index contributed by atoms with van der Waals surface area (Å²) in [6, 6.07) is 16.7. The van der Waals surface area contributed by atoms with Crippen molar-refractivity contribution in [2.45, 2.75) is 25.8 Å². The first-order chi connectivity index (χ1) is 10.0. The maximum atomic E-state index is 5.74. The lowest BCUT2D eigenvalue weighted by Crippen LogP contribution is -2.20. The first-order valence-electron chi connectivity index (χ1n) is 7.33. The molecular formula is C18H23BrN2. The molecule has 0 heterocycles. The Balaban J connectivity index is 1.83. The fraction of sp³-hybridized carbons (Fsp3) is 0.333. The van der Waals surface area contributed by atoms with E-state index >= 15 is 0 Å². The third-order valence-electron chi connectivity index (χ3n) is 3.79. The number of nitrogens with zero attached hydrogens (tertiary/aromatic N) is 1. The summed E-state index contributed by atoms with van der Waals surface area (Å²) in [7, 11) is 2.18. The molecule has 0 amide bonds. The topological polar surface area (TPSA) is 29.3 Å². The van der Waals surface area contributed by atoms with E-state index in [0.717, 1.165) is 29.7 Å². The number of rotatable bonds is 6. The highest BCUT2D eigenvalue weighted by molar-refractivity contribution is 9.10. The van der Waals surface area contributed by atoms with Crippen LogP contribution < -0.4 is 5.73 Å². The van der Waals surface area contributed by atoms with Gasteiger partial charge in [0.1, 0.15) is 0 Å². The van der Waals surface area contributed by atoms with Gasteiger partial charge in [-0.15, -0.1) is 0 Å². The van der Waals surface area contributed by atoms with Gasteiger partial charge in [0.25, 0.3) is 0 Å². The van der Waals surface area contributed by atoms with E-state index < -0.39 is 0 Å². The Kier molecular flexibility index (Phi) is 5.83. The van der Waals surface area contributed by atoms with Crippen LogP contribution in [0.2, 0.25) is 0 Å². The summed E-state index contributed by atoms with van der Waals surface area (Å²) < 4.78 is 1.14. The van der Waals surface area contributed by atoms with Gasteiger partial charge in [-0.05, 0) is 61.3 Å². The summed E-state index contributed by atoms with van der Waals surface area (Å²) in [5.74, 6) is 0.551. The third kappa shape index (κ3) is 5.18. The summed E-state index contributed by atoms with van der Waals surface area (Å²) in [5.41, 5.74) is 9.27. The van der Waals surface area contributed by atoms with Gasteiger partial charge in [0.05, 0.1) is 0 Å². The molecule has 1 unspecified atom stereocenters.